The summed E-state index contributed by atoms with van der Waals surface area (Å²) < 4.78 is 5.31. The highest BCUT2D eigenvalue weighted by atomic mass is 32.1. The fourth-order valence-corrected chi connectivity index (χ4v) is 3.98. The second-order valence-electron chi connectivity index (χ2n) is 6.05. The molecule has 1 fully saturated rings. The molecule has 1 amide bonds. The number of hydrogen-bond acceptors (Lipinski definition) is 5. The van der Waals surface area contributed by atoms with Crippen molar-refractivity contribution in [3.8, 4) is 5.75 Å². The first-order valence-corrected chi connectivity index (χ1v) is 9.13. The number of aromatic nitrogens is 1. The Morgan fingerprint density at radius 1 is 1.33 bits per heavy atom. The van der Waals surface area contributed by atoms with Gasteiger partial charge in [0.25, 0.3) is 5.91 Å². The van der Waals surface area contributed by atoms with Gasteiger partial charge in [0, 0.05) is 18.2 Å². The van der Waals surface area contributed by atoms with Crippen molar-refractivity contribution in [2.75, 3.05) is 12.4 Å². The number of nitrogens with zero attached hydrogens (tertiary/aromatic N) is 1. The molecule has 1 aliphatic rings. The van der Waals surface area contributed by atoms with Gasteiger partial charge in [0.05, 0.1) is 12.8 Å². The van der Waals surface area contributed by atoms with Crippen LogP contribution in [0.15, 0.2) is 24.3 Å². The monoisotopic (exact) mass is 345 g/mol. The summed E-state index contributed by atoms with van der Waals surface area (Å²) in [6, 6.07) is 8.19. The number of methoxy groups -OCH3 is 1. The molecule has 0 spiro atoms. The summed E-state index contributed by atoms with van der Waals surface area (Å²) in [5.74, 6) is 0.692. The second kappa shape index (κ2) is 7.66. The highest BCUT2D eigenvalue weighted by molar-refractivity contribution is 7.17. The van der Waals surface area contributed by atoms with E-state index in [1.54, 1.807) is 7.11 Å². The van der Waals surface area contributed by atoms with Crippen molar-refractivity contribution in [2.45, 2.75) is 45.2 Å². The molecular formula is C18H23N3O2S. The standard InChI is InChI=1S/C18H23N3O2S/c1-12-16(24-18(20-12)21-14-8-4-5-9-14)17(22)19-11-13-7-3-6-10-15(13)23-2/h3,6-7,10,14H,4-5,8-9,11H2,1-2H3,(H,19,22)(H,20,21). The molecular weight excluding hydrogens is 322 g/mol. The van der Waals surface area contributed by atoms with Gasteiger partial charge in [-0.15, -0.1) is 0 Å². The number of carbonyl (C=O) groups is 1. The van der Waals surface area contributed by atoms with Crippen molar-refractivity contribution < 1.29 is 9.53 Å². The van der Waals surface area contributed by atoms with Crippen molar-refractivity contribution in [3.63, 3.8) is 0 Å². The zero-order chi connectivity index (χ0) is 16.9. The minimum absolute atomic E-state index is 0.0876. The van der Waals surface area contributed by atoms with Crippen LogP contribution in [0.4, 0.5) is 5.13 Å². The Bertz CT molecular complexity index is 708. The third kappa shape index (κ3) is 3.87. The van der Waals surface area contributed by atoms with E-state index in [0.29, 0.717) is 17.5 Å². The van der Waals surface area contributed by atoms with Crippen molar-refractivity contribution in [1.29, 1.82) is 0 Å². The van der Waals surface area contributed by atoms with Crippen LogP contribution in [0.1, 0.15) is 46.6 Å². The molecule has 2 N–H and O–H groups in total. The number of ether oxygens (including phenoxy) is 1. The molecule has 1 aromatic carbocycles. The third-order valence-corrected chi connectivity index (χ3v) is 5.40. The normalized spacial score (nSPS) is 14.6. The molecule has 0 radical (unpaired) electrons. The van der Waals surface area contributed by atoms with E-state index in [1.807, 2.05) is 31.2 Å². The van der Waals surface area contributed by atoms with E-state index in [4.69, 9.17) is 4.74 Å². The van der Waals surface area contributed by atoms with E-state index in [1.165, 1.54) is 37.0 Å². The minimum atomic E-state index is -0.0876. The zero-order valence-electron chi connectivity index (χ0n) is 14.1. The highest BCUT2D eigenvalue weighted by Crippen LogP contribution is 2.27. The molecule has 0 unspecified atom stereocenters. The molecule has 5 nitrogen and oxygen atoms in total. The Kier molecular flexibility index (Phi) is 5.35. The lowest BCUT2D eigenvalue weighted by atomic mass is 10.2. The summed E-state index contributed by atoms with van der Waals surface area (Å²) in [5.41, 5.74) is 1.73. The molecule has 1 aromatic heterocycles. The number of carbonyl (C=O) groups excluding carboxylic acids is 1. The van der Waals surface area contributed by atoms with E-state index >= 15 is 0 Å². The van der Waals surface area contributed by atoms with Crippen molar-refractivity contribution in [3.05, 3.63) is 40.4 Å². The molecule has 0 atom stereocenters. The van der Waals surface area contributed by atoms with Gasteiger partial charge >= 0.3 is 0 Å². The number of benzene rings is 1. The molecule has 1 saturated carbocycles. The van der Waals surface area contributed by atoms with Crippen LogP contribution in [-0.2, 0) is 6.54 Å². The summed E-state index contributed by atoms with van der Waals surface area (Å²) in [7, 11) is 1.63. The van der Waals surface area contributed by atoms with Gasteiger partial charge in [-0.25, -0.2) is 4.98 Å². The number of hydrogen-bond donors (Lipinski definition) is 2. The number of nitrogens with one attached hydrogen (secondary N) is 2. The molecule has 6 heteroatoms. The lowest BCUT2D eigenvalue weighted by Crippen LogP contribution is -2.22. The van der Waals surface area contributed by atoms with Crippen LogP contribution < -0.4 is 15.4 Å². The van der Waals surface area contributed by atoms with Crippen LogP contribution >= 0.6 is 11.3 Å². The van der Waals surface area contributed by atoms with Gasteiger partial charge in [-0.2, -0.15) is 0 Å². The molecule has 3 rings (SSSR count). The molecule has 128 valence electrons. The van der Waals surface area contributed by atoms with E-state index in [0.717, 1.165) is 22.1 Å². The minimum Gasteiger partial charge on any atom is -0.496 e. The number of aryl methyl sites for hydroxylation is 1. The lowest BCUT2D eigenvalue weighted by Gasteiger charge is -2.09. The predicted octanol–water partition coefficient (Wildman–Crippen LogP) is 3.74. The molecule has 0 aliphatic heterocycles. The van der Waals surface area contributed by atoms with Crippen LogP contribution in [0.2, 0.25) is 0 Å². The van der Waals surface area contributed by atoms with Crippen molar-refractivity contribution in [2.24, 2.45) is 0 Å². The average molecular weight is 345 g/mol. The average Bonchev–Trinajstić information content (AvgIpc) is 3.23. The fraction of sp³-hybridized carbons (Fsp3) is 0.444. The zero-order valence-corrected chi connectivity index (χ0v) is 14.9. The van der Waals surface area contributed by atoms with E-state index in [-0.39, 0.29) is 5.91 Å². The summed E-state index contributed by atoms with van der Waals surface area (Å²) >= 11 is 1.43. The van der Waals surface area contributed by atoms with Gasteiger partial charge in [-0.05, 0) is 25.8 Å². The summed E-state index contributed by atoms with van der Waals surface area (Å²) in [6.45, 7) is 2.32. The van der Waals surface area contributed by atoms with Crippen LogP contribution in [0, 0.1) is 6.92 Å². The van der Waals surface area contributed by atoms with Gasteiger partial charge in [-0.3, -0.25) is 4.79 Å². The van der Waals surface area contributed by atoms with Crippen LogP contribution in [-0.4, -0.2) is 24.0 Å². The van der Waals surface area contributed by atoms with Crippen molar-refractivity contribution >= 4 is 22.4 Å². The summed E-state index contributed by atoms with van der Waals surface area (Å²) in [4.78, 5) is 17.7. The maximum atomic E-state index is 12.5. The summed E-state index contributed by atoms with van der Waals surface area (Å²) in [5, 5.41) is 7.27. The van der Waals surface area contributed by atoms with Crippen molar-refractivity contribution in [1.82, 2.24) is 10.3 Å². The predicted molar refractivity (Wildman–Crippen MR) is 96.9 cm³/mol. The number of anilines is 1. The topological polar surface area (TPSA) is 63.2 Å². The number of rotatable bonds is 6. The van der Waals surface area contributed by atoms with Crippen LogP contribution in [0.25, 0.3) is 0 Å². The molecule has 24 heavy (non-hydrogen) atoms. The van der Waals surface area contributed by atoms with Gasteiger partial charge < -0.3 is 15.4 Å². The van der Waals surface area contributed by atoms with E-state index < -0.39 is 0 Å². The second-order valence-corrected chi connectivity index (χ2v) is 7.05. The molecule has 2 aromatic rings. The maximum Gasteiger partial charge on any atom is 0.263 e. The first-order chi connectivity index (χ1) is 11.7. The smallest absolute Gasteiger partial charge is 0.263 e. The van der Waals surface area contributed by atoms with Gasteiger partial charge in [0.15, 0.2) is 5.13 Å². The van der Waals surface area contributed by atoms with Gasteiger partial charge in [0.2, 0.25) is 0 Å². The van der Waals surface area contributed by atoms with Crippen LogP contribution in [0.5, 0.6) is 5.75 Å². The lowest BCUT2D eigenvalue weighted by molar-refractivity contribution is 0.0954. The Morgan fingerprint density at radius 2 is 2.08 bits per heavy atom. The molecule has 1 heterocycles. The SMILES string of the molecule is COc1ccccc1CNC(=O)c1sc(NC2CCCC2)nc1C. The largest absolute Gasteiger partial charge is 0.496 e. The number of thiazole rings is 1. The van der Waals surface area contributed by atoms with Gasteiger partial charge in [0.1, 0.15) is 10.6 Å². The first-order valence-electron chi connectivity index (χ1n) is 8.31. The number of para-hydroxylation sites is 1. The molecule has 1 aliphatic carbocycles. The molecule has 0 saturated heterocycles. The third-order valence-electron chi connectivity index (χ3n) is 4.32. The highest BCUT2D eigenvalue weighted by Gasteiger charge is 2.19. The Hall–Kier alpha value is -2.08. The Balaban J connectivity index is 1.63. The van der Waals surface area contributed by atoms with Crippen LogP contribution in [0.3, 0.4) is 0 Å². The molecule has 0 bridgehead atoms. The van der Waals surface area contributed by atoms with Gasteiger partial charge in [-0.1, -0.05) is 42.4 Å². The van der Waals surface area contributed by atoms with E-state index in [2.05, 4.69) is 15.6 Å². The Morgan fingerprint density at radius 3 is 2.83 bits per heavy atom. The first kappa shape index (κ1) is 16.8. The maximum absolute atomic E-state index is 12.5. The Labute approximate surface area is 146 Å². The van der Waals surface area contributed by atoms with E-state index in [9.17, 15) is 4.79 Å². The quantitative estimate of drug-likeness (QED) is 0.837. The fourth-order valence-electron chi connectivity index (χ4n) is 3.02. The summed E-state index contributed by atoms with van der Waals surface area (Å²) in [6.07, 6.45) is 4.92. The number of amides is 1.